The summed E-state index contributed by atoms with van der Waals surface area (Å²) in [6.45, 7) is 1.41. The Kier molecular flexibility index (Phi) is 2.74. The molecule has 0 bridgehead atoms. The Labute approximate surface area is 68.0 Å². The molecule has 0 saturated carbocycles. The van der Waals surface area contributed by atoms with Crippen molar-refractivity contribution in [3.05, 3.63) is 16.6 Å². The molecule has 1 aromatic rings. The quantitative estimate of drug-likeness (QED) is 0.521. The highest BCUT2D eigenvalue weighted by molar-refractivity contribution is 7.11. The van der Waals surface area contributed by atoms with Crippen molar-refractivity contribution in [1.82, 2.24) is 10.4 Å². The Bertz CT molecular complexity index is 255. The third kappa shape index (κ3) is 2.90. The van der Waals surface area contributed by atoms with Gasteiger partial charge in [-0.15, -0.1) is 11.3 Å². The van der Waals surface area contributed by atoms with Gasteiger partial charge in [-0.1, -0.05) is 0 Å². The molecule has 1 rings (SSSR count). The van der Waals surface area contributed by atoms with Crippen LogP contribution >= 0.6 is 11.3 Å². The predicted octanol–water partition coefficient (Wildman–Crippen LogP) is 0.613. The SMILES string of the molecule is CC(=O)N/N=C/c1cncs1. The number of thiazole rings is 1. The molecule has 0 aliphatic carbocycles. The zero-order valence-corrected chi connectivity index (χ0v) is 6.76. The van der Waals surface area contributed by atoms with E-state index in [9.17, 15) is 4.79 Å². The number of aromatic nitrogens is 1. The first-order chi connectivity index (χ1) is 5.29. The van der Waals surface area contributed by atoms with Crippen LogP contribution in [0.5, 0.6) is 0 Å². The highest BCUT2D eigenvalue weighted by Crippen LogP contribution is 2.00. The Hall–Kier alpha value is -1.23. The Morgan fingerprint density at radius 3 is 3.27 bits per heavy atom. The standard InChI is InChI=1S/C6H7N3OS/c1-5(10)9-8-3-6-2-7-4-11-6/h2-4H,1H3,(H,9,10)/b8-3+. The van der Waals surface area contributed by atoms with Crippen molar-refractivity contribution in [2.24, 2.45) is 5.10 Å². The van der Waals surface area contributed by atoms with Crippen molar-refractivity contribution in [3.63, 3.8) is 0 Å². The van der Waals surface area contributed by atoms with Crippen LogP contribution < -0.4 is 5.43 Å². The van der Waals surface area contributed by atoms with Crippen LogP contribution in [0.25, 0.3) is 0 Å². The molecule has 0 saturated heterocycles. The molecule has 11 heavy (non-hydrogen) atoms. The van der Waals surface area contributed by atoms with Gasteiger partial charge in [-0.2, -0.15) is 5.10 Å². The molecule has 0 aliphatic heterocycles. The molecule has 1 heterocycles. The minimum Gasteiger partial charge on any atom is -0.274 e. The number of hydrogen-bond acceptors (Lipinski definition) is 4. The predicted molar refractivity (Wildman–Crippen MR) is 43.5 cm³/mol. The molecule has 4 nitrogen and oxygen atoms in total. The maximum absolute atomic E-state index is 10.3. The van der Waals surface area contributed by atoms with Crippen molar-refractivity contribution in [2.45, 2.75) is 6.92 Å². The van der Waals surface area contributed by atoms with Crippen molar-refractivity contribution in [2.75, 3.05) is 0 Å². The minimum absolute atomic E-state index is 0.175. The molecule has 0 aromatic carbocycles. The lowest BCUT2D eigenvalue weighted by Gasteiger charge is -1.87. The lowest BCUT2D eigenvalue weighted by Crippen LogP contribution is -2.11. The number of carbonyl (C=O) groups excluding carboxylic acids is 1. The second-order valence-electron chi connectivity index (χ2n) is 1.83. The van der Waals surface area contributed by atoms with Crippen molar-refractivity contribution < 1.29 is 4.79 Å². The van der Waals surface area contributed by atoms with Gasteiger partial charge in [-0.05, 0) is 0 Å². The van der Waals surface area contributed by atoms with Gasteiger partial charge in [-0.25, -0.2) is 5.43 Å². The first-order valence-corrected chi connectivity index (χ1v) is 3.85. The van der Waals surface area contributed by atoms with E-state index in [1.165, 1.54) is 18.3 Å². The van der Waals surface area contributed by atoms with Crippen LogP contribution in [-0.2, 0) is 4.79 Å². The molecule has 1 aromatic heterocycles. The molecular weight excluding hydrogens is 162 g/mol. The zero-order valence-electron chi connectivity index (χ0n) is 5.94. The average Bonchev–Trinajstić information content (AvgIpc) is 2.39. The van der Waals surface area contributed by atoms with Gasteiger partial charge >= 0.3 is 0 Å². The van der Waals surface area contributed by atoms with Crippen LogP contribution in [0.1, 0.15) is 11.8 Å². The number of carbonyl (C=O) groups is 1. The fourth-order valence-electron chi connectivity index (χ4n) is 0.476. The van der Waals surface area contributed by atoms with Crippen molar-refractivity contribution in [1.29, 1.82) is 0 Å². The van der Waals surface area contributed by atoms with Crippen LogP contribution in [0.2, 0.25) is 0 Å². The van der Waals surface area contributed by atoms with Crippen molar-refractivity contribution in [3.8, 4) is 0 Å². The number of hydrazone groups is 1. The summed E-state index contributed by atoms with van der Waals surface area (Å²) in [5.74, 6) is -0.175. The molecular formula is C6H7N3OS. The largest absolute Gasteiger partial charge is 0.274 e. The fraction of sp³-hybridized carbons (Fsp3) is 0.167. The second-order valence-corrected chi connectivity index (χ2v) is 2.75. The fourth-order valence-corrected chi connectivity index (χ4v) is 0.955. The third-order valence-electron chi connectivity index (χ3n) is 0.865. The molecule has 0 spiro atoms. The highest BCUT2D eigenvalue weighted by Gasteiger charge is 1.87. The summed E-state index contributed by atoms with van der Waals surface area (Å²) < 4.78 is 0. The van der Waals surface area contributed by atoms with Crippen LogP contribution in [0, 0.1) is 0 Å². The summed E-state index contributed by atoms with van der Waals surface area (Å²) >= 11 is 1.46. The van der Waals surface area contributed by atoms with E-state index in [0.717, 1.165) is 4.88 Å². The third-order valence-corrected chi connectivity index (χ3v) is 1.58. The van der Waals surface area contributed by atoms with E-state index < -0.39 is 0 Å². The second kappa shape index (κ2) is 3.82. The topological polar surface area (TPSA) is 54.4 Å². The Morgan fingerprint density at radius 1 is 1.91 bits per heavy atom. The average molecular weight is 169 g/mol. The number of rotatable bonds is 2. The minimum atomic E-state index is -0.175. The maximum atomic E-state index is 10.3. The van der Waals surface area contributed by atoms with Gasteiger partial charge in [0.15, 0.2) is 0 Å². The number of amides is 1. The summed E-state index contributed by atoms with van der Waals surface area (Å²) in [7, 11) is 0. The normalized spacial score (nSPS) is 10.3. The van der Waals surface area contributed by atoms with Gasteiger partial charge in [0.25, 0.3) is 0 Å². The zero-order chi connectivity index (χ0) is 8.10. The van der Waals surface area contributed by atoms with E-state index in [-0.39, 0.29) is 5.91 Å². The molecule has 0 aliphatic rings. The summed E-state index contributed by atoms with van der Waals surface area (Å²) in [4.78, 5) is 15.1. The Morgan fingerprint density at radius 2 is 2.73 bits per heavy atom. The van der Waals surface area contributed by atoms with Gasteiger partial charge in [-0.3, -0.25) is 9.78 Å². The Balaban J connectivity index is 2.43. The van der Waals surface area contributed by atoms with E-state index in [1.54, 1.807) is 17.9 Å². The molecule has 0 unspecified atom stereocenters. The molecule has 1 amide bonds. The number of nitrogens with zero attached hydrogens (tertiary/aromatic N) is 2. The molecule has 0 atom stereocenters. The van der Waals surface area contributed by atoms with Crippen LogP contribution in [0.3, 0.4) is 0 Å². The van der Waals surface area contributed by atoms with Gasteiger partial charge in [0.2, 0.25) is 5.91 Å². The van der Waals surface area contributed by atoms with Gasteiger partial charge < -0.3 is 0 Å². The summed E-state index contributed by atoms with van der Waals surface area (Å²) in [5.41, 5.74) is 4.00. The van der Waals surface area contributed by atoms with Gasteiger partial charge in [0, 0.05) is 13.1 Å². The van der Waals surface area contributed by atoms with Crippen LogP contribution in [-0.4, -0.2) is 17.1 Å². The van der Waals surface area contributed by atoms with E-state index in [1.807, 2.05) is 0 Å². The number of nitrogens with one attached hydrogen (secondary N) is 1. The lowest BCUT2D eigenvalue weighted by atomic mass is 10.6. The summed E-state index contributed by atoms with van der Waals surface area (Å²) in [5, 5.41) is 3.66. The van der Waals surface area contributed by atoms with Gasteiger partial charge in [0.1, 0.15) is 0 Å². The molecule has 5 heteroatoms. The van der Waals surface area contributed by atoms with Crippen molar-refractivity contribution >= 4 is 23.5 Å². The molecule has 58 valence electrons. The maximum Gasteiger partial charge on any atom is 0.236 e. The van der Waals surface area contributed by atoms with E-state index in [2.05, 4.69) is 15.5 Å². The molecule has 1 N–H and O–H groups in total. The van der Waals surface area contributed by atoms with Gasteiger partial charge in [0.05, 0.1) is 16.6 Å². The summed E-state index contributed by atoms with van der Waals surface area (Å²) in [6.07, 6.45) is 3.23. The molecule has 0 radical (unpaired) electrons. The highest BCUT2D eigenvalue weighted by atomic mass is 32.1. The van der Waals surface area contributed by atoms with E-state index in [4.69, 9.17) is 0 Å². The van der Waals surface area contributed by atoms with Crippen LogP contribution in [0.15, 0.2) is 16.8 Å². The smallest absolute Gasteiger partial charge is 0.236 e. The lowest BCUT2D eigenvalue weighted by molar-refractivity contribution is -0.118. The van der Waals surface area contributed by atoms with E-state index >= 15 is 0 Å². The number of hydrogen-bond donors (Lipinski definition) is 1. The van der Waals surface area contributed by atoms with Crippen LogP contribution in [0.4, 0.5) is 0 Å². The monoisotopic (exact) mass is 169 g/mol. The molecule has 0 fully saturated rings. The summed E-state index contributed by atoms with van der Waals surface area (Å²) in [6, 6.07) is 0. The van der Waals surface area contributed by atoms with E-state index in [0.29, 0.717) is 0 Å². The first kappa shape index (κ1) is 7.87. The first-order valence-electron chi connectivity index (χ1n) is 2.97.